The van der Waals surface area contributed by atoms with Gasteiger partial charge in [-0.1, -0.05) is 90.1 Å². The Kier molecular flexibility index (Phi) is 7.18. The molecule has 3 heterocycles. The summed E-state index contributed by atoms with van der Waals surface area (Å²) in [4.78, 5) is 21.1. The van der Waals surface area contributed by atoms with Crippen molar-refractivity contribution >= 4 is 16.8 Å². The molecule has 0 spiro atoms. The lowest BCUT2D eigenvalue weighted by Gasteiger charge is -2.26. The number of pyridine rings is 1. The molecule has 0 fully saturated rings. The lowest BCUT2D eigenvalue weighted by molar-refractivity contribution is -0.120. The summed E-state index contributed by atoms with van der Waals surface area (Å²) in [5.74, 6) is -1.18. The molecular weight excluding hydrogens is 496 g/mol. The number of rotatable bonds is 10. The van der Waals surface area contributed by atoms with Crippen LogP contribution in [0, 0.1) is 0 Å². The second-order valence-electron chi connectivity index (χ2n) is 9.95. The van der Waals surface area contributed by atoms with Crippen molar-refractivity contribution in [2.75, 3.05) is 0 Å². The van der Waals surface area contributed by atoms with Crippen LogP contribution >= 0.6 is 0 Å². The molecule has 6 rings (SSSR count). The molecule has 0 saturated heterocycles. The number of hydrogen-bond acceptors (Lipinski definition) is 4. The Hall–Kier alpha value is -5.04. The summed E-state index contributed by atoms with van der Waals surface area (Å²) >= 11 is 0. The number of aromatic amines is 1. The third kappa shape index (κ3) is 5.14. The van der Waals surface area contributed by atoms with Gasteiger partial charge in [0.15, 0.2) is 0 Å². The van der Waals surface area contributed by atoms with Gasteiger partial charge < -0.3 is 10.7 Å². The highest BCUT2D eigenvalue weighted by molar-refractivity contribution is 5.84. The van der Waals surface area contributed by atoms with Crippen molar-refractivity contribution < 1.29 is 4.79 Å². The number of para-hydroxylation sites is 1. The lowest BCUT2D eigenvalue weighted by Crippen LogP contribution is -2.33. The Balaban J connectivity index is 1.49. The summed E-state index contributed by atoms with van der Waals surface area (Å²) in [7, 11) is 0. The fraction of sp³-hybridized carbons (Fsp3) is 0.152. The van der Waals surface area contributed by atoms with E-state index in [2.05, 4.69) is 45.4 Å². The molecule has 0 aliphatic rings. The smallest absolute Gasteiger partial charge is 0.228 e. The zero-order chi connectivity index (χ0) is 27.3. The van der Waals surface area contributed by atoms with Crippen LogP contribution in [0.3, 0.4) is 0 Å². The zero-order valence-corrected chi connectivity index (χ0v) is 22.0. The van der Waals surface area contributed by atoms with Gasteiger partial charge in [0.1, 0.15) is 5.92 Å². The Morgan fingerprint density at radius 2 is 1.57 bits per heavy atom. The SMILES string of the molecule is NC(=O)C(c1ccccn1)C(Cc1c[nH]c2ccccc12)n1nnc(CCc2ccccc2)c1-c1ccccc1. The predicted octanol–water partition coefficient (Wildman–Crippen LogP) is 5.66. The third-order valence-corrected chi connectivity index (χ3v) is 7.42. The van der Waals surface area contributed by atoms with E-state index in [0.717, 1.165) is 39.8 Å². The second-order valence-corrected chi connectivity index (χ2v) is 9.95. The fourth-order valence-corrected chi connectivity index (χ4v) is 5.49. The van der Waals surface area contributed by atoms with Gasteiger partial charge in [0.25, 0.3) is 0 Å². The van der Waals surface area contributed by atoms with Gasteiger partial charge in [0, 0.05) is 28.9 Å². The van der Waals surface area contributed by atoms with Gasteiger partial charge in [-0.15, -0.1) is 5.10 Å². The Morgan fingerprint density at radius 3 is 2.33 bits per heavy atom. The average molecular weight is 527 g/mol. The van der Waals surface area contributed by atoms with Gasteiger partial charge in [-0.25, -0.2) is 4.68 Å². The van der Waals surface area contributed by atoms with E-state index < -0.39 is 17.9 Å². The molecule has 1 amide bonds. The number of benzene rings is 3. The first-order valence-electron chi connectivity index (χ1n) is 13.5. The van der Waals surface area contributed by atoms with Crippen molar-refractivity contribution in [3.63, 3.8) is 0 Å². The number of nitrogens with zero attached hydrogens (tertiary/aromatic N) is 4. The van der Waals surface area contributed by atoms with Crippen LogP contribution in [0.15, 0.2) is 116 Å². The number of hydrogen-bond donors (Lipinski definition) is 2. The molecule has 3 aromatic carbocycles. The summed E-state index contributed by atoms with van der Waals surface area (Å²) in [6.45, 7) is 0. The minimum Gasteiger partial charge on any atom is -0.369 e. The average Bonchev–Trinajstić information content (AvgIpc) is 3.61. The molecule has 198 valence electrons. The normalized spacial score (nSPS) is 12.8. The lowest BCUT2D eigenvalue weighted by atomic mass is 9.89. The third-order valence-electron chi connectivity index (χ3n) is 7.42. The maximum Gasteiger partial charge on any atom is 0.228 e. The molecular formula is C33H30N6O. The summed E-state index contributed by atoms with van der Waals surface area (Å²) in [5, 5.41) is 10.5. The van der Waals surface area contributed by atoms with E-state index in [0.29, 0.717) is 18.5 Å². The molecule has 40 heavy (non-hydrogen) atoms. The van der Waals surface area contributed by atoms with E-state index in [1.54, 1.807) is 6.20 Å². The summed E-state index contributed by atoms with van der Waals surface area (Å²) in [5.41, 5.74) is 12.8. The molecule has 3 aromatic heterocycles. The maximum atomic E-state index is 13.2. The van der Waals surface area contributed by atoms with Gasteiger partial charge in [-0.05, 0) is 48.6 Å². The molecule has 2 unspecified atom stereocenters. The number of fused-ring (bicyclic) bond motifs is 1. The standard InChI is InChI=1S/C33H30N6O/c34-33(40)31(28-17-9-10-20-35-28)30(21-25-22-36-27-16-8-7-15-26(25)27)39-32(24-13-5-2-6-14-24)29(37-38-39)19-18-23-11-3-1-4-12-23/h1-17,20,22,30-31,36H,18-19,21H2,(H2,34,40). The molecule has 0 radical (unpaired) electrons. The Morgan fingerprint density at radius 1 is 0.850 bits per heavy atom. The van der Waals surface area contributed by atoms with E-state index in [1.807, 2.05) is 83.7 Å². The number of carbonyl (C=O) groups is 1. The van der Waals surface area contributed by atoms with E-state index in [9.17, 15) is 4.79 Å². The molecule has 3 N–H and O–H groups in total. The van der Waals surface area contributed by atoms with Gasteiger partial charge >= 0.3 is 0 Å². The van der Waals surface area contributed by atoms with Gasteiger partial charge in [0.05, 0.1) is 23.1 Å². The fourth-order valence-electron chi connectivity index (χ4n) is 5.49. The number of nitrogens with two attached hydrogens (primary N) is 1. The summed E-state index contributed by atoms with van der Waals surface area (Å²) in [6.07, 6.45) is 5.74. The number of nitrogens with one attached hydrogen (secondary N) is 1. The van der Waals surface area contributed by atoms with Gasteiger partial charge in [0.2, 0.25) is 5.91 Å². The van der Waals surface area contributed by atoms with Crippen molar-refractivity contribution in [1.82, 2.24) is 25.0 Å². The molecule has 7 heteroatoms. The Bertz CT molecular complexity index is 1710. The molecule has 6 aromatic rings. The summed E-state index contributed by atoms with van der Waals surface area (Å²) in [6, 6.07) is 33.7. The predicted molar refractivity (Wildman–Crippen MR) is 157 cm³/mol. The first-order valence-corrected chi connectivity index (χ1v) is 13.5. The minimum atomic E-state index is -0.721. The molecule has 0 aliphatic carbocycles. The molecule has 2 atom stereocenters. The number of H-pyrrole nitrogens is 1. The van der Waals surface area contributed by atoms with E-state index in [4.69, 9.17) is 10.9 Å². The van der Waals surface area contributed by atoms with Crippen molar-refractivity contribution in [2.24, 2.45) is 5.73 Å². The number of carbonyl (C=O) groups excluding carboxylic acids is 1. The molecule has 0 bridgehead atoms. The monoisotopic (exact) mass is 526 g/mol. The molecule has 0 saturated carbocycles. The Labute approximate surface area is 232 Å². The highest BCUT2D eigenvalue weighted by atomic mass is 16.1. The van der Waals surface area contributed by atoms with Crippen molar-refractivity contribution in [1.29, 1.82) is 0 Å². The first kappa shape index (κ1) is 25.2. The summed E-state index contributed by atoms with van der Waals surface area (Å²) < 4.78 is 1.90. The van der Waals surface area contributed by atoms with E-state index in [1.165, 1.54) is 5.56 Å². The van der Waals surface area contributed by atoms with E-state index >= 15 is 0 Å². The van der Waals surface area contributed by atoms with Crippen molar-refractivity contribution in [3.05, 3.63) is 138 Å². The number of amides is 1. The van der Waals surface area contributed by atoms with Crippen LogP contribution in [0.1, 0.15) is 34.5 Å². The van der Waals surface area contributed by atoms with Crippen LogP contribution < -0.4 is 5.73 Å². The van der Waals surface area contributed by atoms with E-state index in [-0.39, 0.29) is 0 Å². The number of aryl methyl sites for hydroxylation is 2. The number of aromatic nitrogens is 5. The first-order chi connectivity index (χ1) is 19.7. The number of primary amides is 1. The van der Waals surface area contributed by atoms with Crippen LogP contribution in [-0.2, 0) is 24.1 Å². The molecule has 7 nitrogen and oxygen atoms in total. The second kappa shape index (κ2) is 11.4. The highest BCUT2D eigenvalue weighted by Gasteiger charge is 2.35. The zero-order valence-electron chi connectivity index (χ0n) is 22.0. The van der Waals surface area contributed by atoms with Crippen LogP contribution in [0.4, 0.5) is 0 Å². The van der Waals surface area contributed by atoms with Crippen LogP contribution in [0.2, 0.25) is 0 Å². The van der Waals surface area contributed by atoms with Crippen LogP contribution in [-0.4, -0.2) is 30.9 Å². The van der Waals surface area contributed by atoms with Crippen molar-refractivity contribution in [3.8, 4) is 11.3 Å². The minimum absolute atomic E-state index is 0.455. The van der Waals surface area contributed by atoms with Gasteiger partial charge in [-0.3, -0.25) is 9.78 Å². The highest BCUT2D eigenvalue weighted by Crippen LogP contribution is 2.36. The largest absolute Gasteiger partial charge is 0.369 e. The maximum absolute atomic E-state index is 13.2. The van der Waals surface area contributed by atoms with Crippen molar-refractivity contribution in [2.45, 2.75) is 31.2 Å². The topological polar surface area (TPSA) is 102 Å². The molecule has 0 aliphatic heterocycles. The quantitative estimate of drug-likeness (QED) is 0.240. The van der Waals surface area contributed by atoms with Gasteiger partial charge in [-0.2, -0.15) is 0 Å². The van der Waals surface area contributed by atoms with Crippen LogP contribution in [0.5, 0.6) is 0 Å². The van der Waals surface area contributed by atoms with Crippen LogP contribution in [0.25, 0.3) is 22.2 Å².